The number of alkyl halides is 2. The monoisotopic (exact) mass is 343 g/mol. The number of carbonyl (C=O) groups is 1. The van der Waals surface area contributed by atoms with Gasteiger partial charge in [-0.3, -0.25) is 4.79 Å². The quantitative estimate of drug-likeness (QED) is 0.790. The van der Waals surface area contributed by atoms with Gasteiger partial charge >= 0.3 is 12.6 Å². The second-order valence-corrected chi connectivity index (χ2v) is 6.01. The van der Waals surface area contributed by atoms with Gasteiger partial charge in [0.2, 0.25) is 10.0 Å². The van der Waals surface area contributed by atoms with Gasteiger partial charge in [-0.25, -0.2) is 8.42 Å². The Morgan fingerprint density at radius 2 is 2.10 bits per heavy atom. The maximum atomic E-state index is 12.1. The van der Waals surface area contributed by atoms with E-state index in [2.05, 4.69) is 4.74 Å². The highest BCUT2D eigenvalue weighted by Gasteiger charge is 2.24. The molecule has 0 radical (unpaired) electrons. The first-order valence-corrected chi connectivity index (χ1v) is 7.53. The van der Waals surface area contributed by atoms with Gasteiger partial charge in [-0.2, -0.15) is 13.5 Å². The number of hydrogen-bond acceptors (Lipinski definition) is 4. The number of carboxylic acids is 1. The molecule has 1 rings (SSSR count). The summed E-state index contributed by atoms with van der Waals surface area (Å²) in [4.78, 5) is 10.5. The van der Waals surface area contributed by atoms with Crippen LogP contribution in [0, 0.1) is 0 Å². The summed E-state index contributed by atoms with van der Waals surface area (Å²) in [6.07, 6.45) is 0.0366. The van der Waals surface area contributed by atoms with E-state index in [9.17, 15) is 22.0 Å². The van der Waals surface area contributed by atoms with Crippen molar-refractivity contribution in [3.05, 3.63) is 23.2 Å². The van der Waals surface area contributed by atoms with E-state index in [1.165, 1.54) is 6.92 Å². The zero-order valence-corrected chi connectivity index (χ0v) is 12.3. The number of carboxylic acid groups (broad SMARTS) is 1. The fraction of sp³-hybridized carbons (Fsp3) is 0.364. The lowest BCUT2D eigenvalue weighted by Gasteiger charge is -2.13. The van der Waals surface area contributed by atoms with Gasteiger partial charge in [0.1, 0.15) is 11.8 Å². The topological polar surface area (TPSA) is 92.7 Å². The van der Waals surface area contributed by atoms with Crippen molar-refractivity contribution in [2.24, 2.45) is 0 Å². The zero-order valence-electron chi connectivity index (χ0n) is 10.7. The molecular weight excluding hydrogens is 332 g/mol. The van der Waals surface area contributed by atoms with Gasteiger partial charge in [-0.15, -0.1) is 0 Å². The number of benzene rings is 1. The van der Waals surface area contributed by atoms with Crippen molar-refractivity contribution < 1.29 is 31.8 Å². The molecule has 2 N–H and O–H groups in total. The number of ether oxygens (including phenoxy) is 1. The molecule has 0 amide bonds. The minimum Gasteiger partial charge on any atom is -0.480 e. The van der Waals surface area contributed by atoms with Gasteiger partial charge in [0.05, 0.1) is 9.92 Å². The molecule has 0 saturated heterocycles. The van der Waals surface area contributed by atoms with Crippen LogP contribution in [-0.4, -0.2) is 32.1 Å². The molecule has 1 atom stereocenters. The standard InChI is InChI=1S/C11H12ClF2NO5S/c1-2-8(10(16)17)15-21(18,19)6-3-4-9(7(12)5-6)20-11(13)14/h3-5,8,11,15H,2H2,1H3,(H,16,17)/t8-/m1/s1. The van der Waals surface area contributed by atoms with Crippen molar-refractivity contribution in [3.63, 3.8) is 0 Å². The summed E-state index contributed by atoms with van der Waals surface area (Å²) in [5.41, 5.74) is 0. The highest BCUT2D eigenvalue weighted by Crippen LogP contribution is 2.28. The van der Waals surface area contributed by atoms with Crippen molar-refractivity contribution in [1.29, 1.82) is 0 Å². The first-order chi connectivity index (χ1) is 9.67. The third kappa shape index (κ3) is 4.80. The molecule has 21 heavy (non-hydrogen) atoms. The van der Waals surface area contributed by atoms with Crippen LogP contribution in [-0.2, 0) is 14.8 Å². The van der Waals surface area contributed by atoms with E-state index >= 15 is 0 Å². The summed E-state index contributed by atoms with van der Waals surface area (Å²) in [5.74, 6) is -1.71. The van der Waals surface area contributed by atoms with Crippen LogP contribution >= 0.6 is 11.6 Å². The molecule has 0 unspecified atom stereocenters. The van der Waals surface area contributed by atoms with E-state index in [4.69, 9.17) is 16.7 Å². The summed E-state index contributed by atoms with van der Waals surface area (Å²) in [6, 6.07) is 1.55. The molecule has 10 heteroatoms. The molecule has 0 spiro atoms. The third-order valence-corrected chi connectivity index (χ3v) is 4.20. The Bertz CT molecular complexity index is 623. The maximum Gasteiger partial charge on any atom is 0.387 e. The summed E-state index contributed by atoms with van der Waals surface area (Å²) in [6.45, 7) is -1.60. The fourth-order valence-corrected chi connectivity index (χ4v) is 2.99. The molecule has 118 valence electrons. The Morgan fingerprint density at radius 1 is 1.48 bits per heavy atom. The Labute approximate surface area is 124 Å². The van der Waals surface area contributed by atoms with Crippen molar-refractivity contribution in [2.75, 3.05) is 0 Å². The predicted octanol–water partition coefficient (Wildman–Crippen LogP) is 2.08. The van der Waals surface area contributed by atoms with Crippen LogP contribution in [0.3, 0.4) is 0 Å². The molecule has 0 bridgehead atoms. The van der Waals surface area contributed by atoms with E-state index in [1.807, 2.05) is 4.72 Å². The lowest BCUT2D eigenvalue weighted by molar-refractivity contribution is -0.139. The van der Waals surface area contributed by atoms with Crippen LogP contribution in [0.1, 0.15) is 13.3 Å². The molecule has 0 heterocycles. The summed E-state index contributed by atoms with van der Waals surface area (Å²) < 4.78 is 54.1. The van der Waals surface area contributed by atoms with E-state index in [1.54, 1.807) is 0 Å². The minimum absolute atomic E-state index is 0.0366. The Balaban J connectivity index is 3.04. The number of hydrogen-bond donors (Lipinski definition) is 2. The van der Waals surface area contributed by atoms with Crippen molar-refractivity contribution >= 4 is 27.6 Å². The van der Waals surface area contributed by atoms with Crippen LogP contribution < -0.4 is 9.46 Å². The van der Waals surface area contributed by atoms with Crippen molar-refractivity contribution in [2.45, 2.75) is 30.9 Å². The molecule has 6 nitrogen and oxygen atoms in total. The lowest BCUT2D eigenvalue weighted by Crippen LogP contribution is -2.40. The molecule has 0 aliphatic rings. The number of sulfonamides is 1. The van der Waals surface area contributed by atoms with E-state index in [-0.39, 0.29) is 22.1 Å². The fourth-order valence-electron chi connectivity index (χ4n) is 1.40. The average molecular weight is 344 g/mol. The summed E-state index contributed by atoms with van der Waals surface area (Å²) in [5, 5.41) is 8.49. The lowest BCUT2D eigenvalue weighted by atomic mass is 10.2. The SMILES string of the molecule is CC[C@@H](NS(=O)(=O)c1ccc(OC(F)F)c(Cl)c1)C(=O)O. The Morgan fingerprint density at radius 3 is 2.52 bits per heavy atom. The van der Waals surface area contributed by atoms with Crippen molar-refractivity contribution in [3.8, 4) is 5.75 Å². The van der Waals surface area contributed by atoms with Gasteiger partial charge in [0.25, 0.3) is 0 Å². The van der Waals surface area contributed by atoms with Gasteiger partial charge in [0, 0.05) is 0 Å². The highest BCUT2D eigenvalue weighted by atomic mass is 35.5. The molecule has 1 aromatic rings. The average Bonchev–Trinajstić information content (AvgIpc) is 2.37. The van der Waals surface area contributed by atoms with Gasteiger partial charge in [-0.1, -0.05) is 18.5 Å². The van der Waals surface area contributed by atoms with E-state index < -0.39 is 28.6 Å². The Kier molecular flexibility index (Phi) is 5.87. The molecule has 0 aliphatic heterocycles. The minimum atomic E-state index is -4.14. The largest absolute Gasteiger partial charge is 0.480 e. The predicted molar refractivity (Wildman–Crippen MR) is 70.1 cm³/mol. The van der Waals surface area contributed by atoms with Crippen molar-refractivity contribution in [1.82, 2.24) is 4.72 Å². The maximum absolute atomic E-state index is 12.1. The van der Waals surface area contributed by atoms with Gasteiger partial charge in [0.15, 0.2) is 0 Å². The zero-order chi connectivity index (χ0) is 16.2. The van der Waals surface area contributed by atoms with E-state index in [0.29, 0.717) is 0 Å². The second kappa shape index (κ2) is 7.01. The summed E-state index contributed by atoms with van der Waals surface area (Å²) >= 11 is 5.65. The van der Waals surface area contributed by atoms with Gasteiger partial charge < -0.3 is 9.84 Å². The molecule has 0 aromatic heterocycles. The molecule has 0 aliphatic carbocycles. The first kappa shape index (κ1) is 17.6. The second-order valence-electron chi connectivity index (χ2n) is 3.89. The molecule has 0 fully saturated rings. The number of rotatable bonds is 7. The Hall–Kier alpha value is -1.45. The summed E-state index contributed by atoms with van der Waals surface area (Å²) in [7, 11) is -4.14. The number of halogens is 3. The van der Waals surface area contributed by atoms with Crippen LogP contribution in [0.2, 0.25) is 5.02 Å². The van der Waals surface area contributed by atoms with Crippen LogP contribution in [0.5, 0.6) is 5.75 Å². The molecule has 1 aromatic carbocycles. The van der Waals surface area contributed by atoms with Crippen LogP contribution in [0.4, 0.5) is 8.78 Å². The normalized spacial score (nSPS) is 13.2. The van der Waals surface area contributed by atoms with E-state index in [0.717, 1.165) is 18.2 Å². The molecular formula is C11H12ClF2NO5S. The third-order valence-electron chi connectivity index (χ3n) is 2.43. The smallest absolute Gasteiger partial charge is 0.387 e. The highest BCUT2D eigenvalue weighted by molar-refractivity contribution is 7.89. The van der Waals surface area contributed by atoms with Crippen LogP contribution in [0.15, 0.2) is 23.1 Å². The first-order valence-electron chi connectivity index (χ1n) is 5.67. The number of nitrogens with one attached hydrogen (secondary N) is 1. The number of aliphatic carboxylic acids is 1. The van der Waals surface area contributed by atoms with Gasteiger partial charge in [-0.05, 0) is 24.6 Å². The van der Waals surface area contributed by atoms with Crippen LogP contribution in [0.25, 0.3) is 0 Å². The molecule has 0 saturated carbocycles.